The van der Waals surface area contributed by atoms with E-state index < -0.39 is 8.80 Å². The van der Waals surface area contributed by atoms with E-state index >= 15 is 0 Å². The van der Waals surface area contributed by atoms with Crippen LogP contribution in [-0.4, -0.2) is 8.80 Å². The lowest BCUT2D eigenvalue weighted by Gasteiger charge is -2.28. The van der Waals surface area contributed by atoms with Gasteiger partial charge in [-0.3, -0.25) is 0 Å². The molecule has 0 spiro atoms. The van der Waals surface area contributed by atoms with Crippen LogP contribution < -0.4 is 15.6 Å². The molecule has 0 unspecified atom stereocenters. The molecule has 3 aromatic rings. The van der Waals surface area contributed by atoms with Crippen LogP contribution in [-0.2, 0) is 11.8 Å². The average molecular weight is 329 g/mol. The first-order valence-corrected chi connectivity index (χ1v) is 10.5. The van der Waals surface area contributed by atoms with Crippen molar-refractivity contribution in [1.82, 2.24) is 0 Å². The second-order valence-electron chi connectivity index (χ2n) is 7.88. The lowest BCUT2D eigenvalue weighted by atomic mass is 9.87. The number of hydrogen-bond donors (Lipinski definition) is 0. The van der Waals surface area contributed by atoms with Gasteiger partial charge in [0.15, 0.2) is 0 Å². The number of fused-ring (bicyclic) bond motifs is 2. The van der Waals surface area contributed by atoms with Gasteiger partial charge in [0.2, 0.25) is 0 Å². The topological polar surface area (TPSA) is 0 Å². The SMILES string of the molecule is CC(C)(C)c1ccc([SiH]2c3ccccc3Cc3ccccc32)cc1. The molecule has 1 aliphatic rings. The van der Waals surface area contributed by atoms with E-state index in [2.05, 4.69) is 93.6 Å². The summed E-state index contributed by atoms with van der Waals surface area (Å²) in [5, 5.41) is 4.72. The highest BCUT2D eigenvalue weighted by atomic mass is 28.3. The minimum Gasteiger partial charge on any atom is -0.0623 e. The van der Waals surface area contributed by atoms with Gasteiger partial charge in [0.1, 0.15) is 8.80 Å². The highest BCUT2D eigenvalue weighted by Crippen LogP contribution is 2.21. The van der Waals surface area contributed by atoms with Crippen molar-refractivity contribution in [3.8, 4) is 0 Å². The van der Waals surface area contributed by atoms with E-state index in [1.807, 2.05) is 0 Å². The summed E-state index contributed by atoms with van der Waals surface area (Å²) in [6.45, 7) is 6.85. The molecule has 0 amide bonds. The molecule has 0 nitrogen and oxygen atoms in total. The van der Waals surface area contributed by atoms with Crippen molar-refractivity contribution in [1.29, 1.82) is 0 Å². The van der Waals surface area contributed by atoms with Gasteiger partial charge in [-0.25, -0.2) is 0 Å². The van der Waals surface area contributed by atoms with Crippen molar-refractivity contribution in [2.24, 2.45) is 0 Å². The summed E-state index contributed by atoms with van der Waals surface area (Å²) in [5.41, 5.74) is 4.67. The van der Waals surface area contributed by atoms with E-state index in [1.54, 1.807) is 10.4 Å². The maximum absolute atomic E-state index is 2.39. The van der Waals surface area contributed by atoms with Crippen molar-refractivity contribution >= 4 is 24.4 Å². The van der Waals surface area contributed by atoms with E-state index in [-0.39, 0.29) is 5.41 Å². The molecule has 0 aromatic heterocycles. The first-order chi connectivity index (χ1) is 11.5. The summed E-state index contributed by atoms with van der Waals surface area (Å²) < 4.78 is 0. The zero-order chi connectivity index (χ0) is 16.7. The molecule has 0 fully saturated rings. The molecule has 0 atom stereocenters. The molecule has 0 saturated carbocycles. The molecule has 1 heteroatoms. The Balaban J connectivity index is 1.86. The van der Waals surface area contributed by atoms with Crippen molar-refractivity contribution in [3.05, 3.63) is 89.5 Å². The van der Waals surface area contributed by atoms with Gasteiger partial charge in [0.25, 0.3) is 0 Å². The molecule has 0 radical (unpaired) electrons. The third kappa shape index (κ3) is 2.63. The Morgan fingerprint density at radius 2 is 1.17 bits per heavy atom. The van der Waals surface area contributed by atoms with Crippen molar-refractivity contribution < 1.29 is 0 Å². The lowest BCUT2D eigenvalue weighted by Crippen LogP contribution is -2.56. The van der Waals surface area contributed by atoms with Crippen molar-refractivity contribution in [2.45, 2.75) is 32.6 Å². The highest BCUT2D eigenvalue weighted by Gasteiger charge is 2.28. The standard InChI is InChI=1S/C23H24Si/c1-23(2,3)19-12-14-20(15-13-19)24-21-10-6-4-8-17(21)16-18-9-5-7-11-22(18)24/h4-15,24H,16H2,1-3H3. The van der Waals surface area contributed by atoms with E-state index in [0.29, 0.717) is 0 Å². The second-order valence-corrected chi connectivity index (χ2v) is 10.7. The predicted molar refractivity (Wildman–Crippen MR) is 107 cm³/mol. The summed E-state index contributed by atoms with van der Waals surface area (Å²) in [7, 11) is -1.35. The maximum atomic E-state index is 2.39. The third-order valence-electron chi connectivity index (χ3n) is 5.22. The lowest BCUT2D eigenvalue weighted by molar-refractivity contribution is 0.590. The second kappa shape index (κ2) is 5.75. The smallest absolute Gasteiger partial charge is 0.0623 e. The van der Waals surface area contributed by atoms with Crippen LogP contribution in [0.3, 0.4) is 0 Å². The first kappa shape index (κ1) is 15.4. The van der Waals surface area contributed by atoms with Crippen LogP contribution in [0.1, 0.15) is 37.5 Å². The van der Waals surface area contributed by atoms with E-state index in [0.717, 1.165) is 6.42 Å². The molecular weight excluding hydrogens is 304 g/mol. The summed E-state index contributed by atoms with van der Waals surface area (Å²) in [6.07, 6.45) is 1.08. The Kier molecular flexibility index (Phi) is 3.69. The van der Waals surface area contributed by atoms with Gasteiger partial charge < -0.3 is 0 Å². The Morgan fingerprint density at radius 3 is 1.67 bits per heavy atom. The molecule has 0 aliphatic carbocycles. The molecule has 0 saturated heterocycles. The molecule has 4 rings (SSSR count). The zero-order valence-electron chi connectivity index (χ0n) is 14.7. The minimum atomic E-state index is -1.35. The largest absolute Gasteiger partial charge is 0.133 e. The highest BCUT2D eigenvalue weighted by molar-refractivity contribution is 6.96. The van der Waals surface area contributed by atoms with Gasteiger partial charge in [0, 0.05) is 0 Å². The molecule has 1 heterocycles. The summed E-state index contributed by atoms with van der Waals surface area (Å²) >= 11 is 0. The van der Waals surface area contributed by atoms with Crippen LogP contribution in [0.15, 0.2) is 72.8 Å². The van der Waals surface area contributed by atoms with E-state index in [4.69, 9.17) is 0 Å². The first-order valence-electron chi connectivity index (χ1n) is 8.80. The Labute approximate surface area is 146 Å². The molecule has 120 valence electrons. The molecule has 1 aliphatic heterocycles. The molecule has 24 heavy (non-hydrogen) atoms. The fourth-order valence-electron chi connectivity index (χ4n) is 3.86. The van der Waals surface area contributed by atoms with Crippen molar-refractivity contribution in [3.63, 3.8) is 0 Å². The van der Waals surface area contributed by atoms with Crippen LogP contribution in [0.25, 0.3) is 0 Å². The third-order valence-corrected chi connectivity index (χ3v) is 8.65. The van der Waals surface area contributed by atoms with Crippen molar-refractivity contribution in [2.75, 3.05) is 0 Å². The van der Waals surface area contributed by atoms with Crippen LogP contribution >= 0.6 is 0 Å². The summed E-state index contributed by atoms with van der Waals surface area (Å²) in [5.74, 6) is 0. The van der Waals surface area contributed by atoms with Crippen LogP contribution in [0, 0.1) is 0 Å². The van der Waals surface area contributed by atoms with Gasteiger partial charge in [-0.15, -0.1) is 0 Å². The Hall–Kier alpha value is -2.12. The van der Waals surface area contributed by atoms with Crippen LogP contribution in [0.5, 0.6) is 0 Å². The molecular formula is C23H24Si. The van der Waals surface area contributed by atoms with Gasteiger partial charge in [-0.1, -0.05) is 98.8 Å². The number of rotatable bonds is 1. The van der Waals surface area contributed by atoms with Gasteiger partial charge in [-0.05, 0) is 38.9 Å². The predicted octanol–water partition coefficient (Wildman–Crippen LogP) is 3.14. The van der Waals surface area contributed by atoms with Crippen LogP contribution in [0.4, 0.5) is 0 Å². The number of hydrogen-bond acceptors (Lipinski definition) is 0. The van der Waals surface area contributed by atoms with Crippen LogP contribution in [0.2, 0.25) is 0 Å². The van der Waals surface area contributed by atoms with E-state index in [9.17, 15) is 0 Å². The zero-order valence-corrected chi connectivity index (χ0v) is 15.9. The van der Waals surface area contributed by atoms with Gasteiger partial charge in [0.05, 0.1) is 0 Å². The molecule has 0 N–H and O–H groups in total. The Bertz CT molecular complexity index is 824. The monoisotopic (exact) mass is 328 g/mol. The summed E-state index contributed by atoms with van der Waals surface area (Å²) in [6, 6.07) is 27.6. The Morgan fingerprint density at radius 1 is 0.667 bits per heavy atom. The van der Waals surface area contributed by atoms with E-state index in [1.165, 1.54) is 21.9 Å². The molecule has 3 aromatic carbocycles. The van der Waals surface area contributed by atoms with Gasteiger partial charge >= 0.3 is 0 Å². The average Bonchev–Trinajstić information content (AvgIpc) is 2.59. The minimum absolute atomic E-state index is 0.211. The maximum Gasteiger partial charge on any atom is 0.133 e. The fraction of sp³-hybridized carbons (Fsp3) is 0.217. The number of benzene rings is 3. The normalized spacial score (nSPS) is 14.1. The summed E-state index contributed by atoms with van der Waals surface area (Å²) in [4.78, 5) is 0. The fourth-order valence-corrected chi connectivity index (χ4v) is 7.24. The quantitative estimate of drug-likeness (QED) is 0.471. The van der Waals surface area contributed by atoms with Gasteiger partial charge in [-0.2, -0.15) is 0 Å². The molecule has 0 bridgehead atoms.